The first-order chi connectivity index (χ1) is 11.5. The molecule has 1 unspecified atom stereocenters. The molecule has 0 aliphatic heterocycles. The predicted octanol–water partition coefficient (Wildman–Crippen LogP) is 6.33. The van der Waals surface area contributed by atoms with Gasteiger partial charge in [0.1, 0.15) is 0 Å². The first-order valence-corrected chi connectivity index (χ1v) is 10.1. The van der Waals surface area contributed by atoms with Gasteiger partial charge in [-0.25, -0.2) is 0 Å². The Bertz CT molecular complexity index is 1050. The molecular formula is C20H18FO2P. The van der Waals surface area contributed by atoms with Gasteiger partial charge < -0.3 is 4.52 Å². The van der Waals surface area contributed by atoms with Gasteiger partial charge in [0.25, 0.3) is 0 Å². The number of rotatable bonds is 5. The zero-order valence-corrected chi connectivity index (χ0v) is 14.4. The maximum atomic E-state index is 13.0. The maximum absolute atomic E-state index is 13.0. The zero-order chi connectivity index (χ0) is 16.7. The van der Waals surface area contributed by atoms with Gasteiger partial charge in [-0.05, 0) is 50.7 Å². The number of halogens is 1. The highest BCUT2D eigenvalue weighted by Crippen LogP contribution is 2.44. The van der Waals surface area contributed by atoms with Crippen LogP contribution in [0.5, 0.6) is 0 Å². The molecule has 0 fully saturated rings. The fourth-order valence-corrected chi connectivity index (χ4v) is 3.96. The molecule has 4 aromatic carbocycles. The summed E-state index contributed by atoms with van der Waals surface area (Å²) in [4.78, 5) is 0. The molecule has 4 heteroatoms. The minimum Gasteiger partial charge on any atom is -0.306 e. The van der Waals surface area contributed by atoms with Gasteiger partial charge in [0, 0.05) is 6.66 Å². The van der Waals surface area contributed by atoms with E-state index in [2.05, 4.69) is 54.6 Å². The van der Waals surface area contributed by atoms with Crippen molar-refractivity contribution in [2.75, 3.05) is 13.3 Å². The largest absolute Gasteiger partial charge is 0.364 e. The van der Waals surface area contributed by atoms with Crippen LogP contribution in [0, 0.1) is 0 Å². The molecule has 0 saturated heterocycles. The Hall–Kier alpha value is -1.96. The summed E-state index contributed by atoms with van der Waals surface area (Å²) in [6.07, 6.45) is 1.42. The molecule has 0 aliphatic carbocycles. The van der Waals surface area contributed by atoms with Crippen molar-refractivity contribution in [2.45, 2.75) is 12.8 Å². The second-order valence-electron chi connectivity index (χ2n) is 6.26. The highest BCUT2D eigenvalue weighted by molar-refractivity contribution is 7.52. The van der Waals surface area contributed by atoms with E-state index in [0.717, 1.165) is 13.1 Å². The van der Waals surface area contributed by atoms with Crippen molar-refractivity contribution in [3.05, 3.63) is 60.2 Å². The van der Waals surface area contributed by atoms with Gasteiger partial charge >= 0.3 is 7.68 Å². The van der Waals surface area contributed by atoms with Gasteiger partial charge in [-0.15, -0.1) is 0 Å². The zero-order valence-electron chi connectivity index (χ0n) is 13.5. The molecular weight excluding hydrogens is 322 g/mol. The lowest BCUT2D eigenvalue weighted by atomic mass is 9.91. The van der Waals surface area contributed by atoms with Gasteiger partial charge in [-0.2, -0.15) is 4.20 Å². The lowest BCUT2D eigenvalue weighted by Gasteiger charge is -2.14. The molecule has 2 nitrogen and oxygen atoms in total. The van der Waals surface area contributed by atoms with Crippen molar-refractivity contribution in [3.63, 3.8) is 0 Å². The van der Waals surface area contributed by atoms with E-state index in [0.29, 0.717) is 6.42 Å². The molecule has 0 N–H and O–H groups in total. The van der Waals surface area contributed by atoms with Crippen LogP contribution in [0.25, 0.3) is 32.3 Å². The molecule has 4 rings (SSSR count). The van der Waals surface area contributed by atoms with Gasteiger partial charge in [0.2, 0.25) is 0 Å². The Morgan fingerprint density at radius 2 is 1.54 bits per heavy atom. The summed E-state index contributed by atoms with van der Waals surface area (Å²) in [6, 6.07) is 19.3. The third-order valence-electron chi connectivity index (χ3n) is 4.53. The van der Waals surface area contributed by atoms with Gasteiger partial charge in [0.05, 0.1) is 6.61 Å². The minimum atomic E-state index is -3.88. The molecule has 0 radical (unpaired) electrons. The van der Waals surface area contributed by atoms with Crippen LogP contribution >= 0.6 is 7.68 Å². The molecule has 0 aliphatic rings. The number of hydrogen-bond donors (Lipinski definition) is 0. The van der Waals surface area contributed by atoms with Crippen LogP contribution in [0.1, 0.15) is 12.0 Å². The molecule has 0 saturated carbocycles. The van der Waals surface area contributed by atoms with E-state index < -0.39 is 7.68 Å². The van der Waals surface area contributed by atoms with E-state index in [-0.39, 0.29) is 6.61 Å². The van der Waals surface area contributed by atoms with Crippen LogP contribution in [0.3, 0.4) is 0 Å². The van der Waals surface area contributed by atoms with Crippen molar-refractivity contribution < 1.29 is 13.3 Å². The lowest BCUT2D eigenvalue weighted by molar-refractivity contribution is 0.286. The molecule has 0 heterocycles. The van der Waals surface area contributed by atoms with Gasteiger partial charge in [-0.3, -0.25) is 4.57 Å². The van der Waals surface area contributed by atoms with Crippen LogP contribution in [-0.4, -0.2) is 13.3 Å². The molecule has 0 bridgehead atoms. The van der Waals surface area contributed by atoms with Crippen LogP contribution in [0.15, 0.2) is 54.6 Å². The molecule has 0 spiro atoms. The maximum Gasteiger partial charge on any atom is 0.364 e. The van der Waals surface area contributed by atoms with Crippen molar-refractivity contribution in [3.8, 4) is 0 Å². The first kappa shape index (κ1) is 15.6. The van der Waals surface area contributed by atoms with Crippen molar-refractivity contribution in [2.24, 2.45) is 0 Å². The monoisotopic (exact) mass is 340 g/mol. The summed E-state index contributed by atoms with van der Waals surface area (Å²) in [7, 11) is -3.88. The topological polar surface area (TPSA) is 26.3 Å². The summed E-state index contributed by atoms with van der Waals surface area (Å²) in [5, 5.41) is 7.54. The predicted molar refractivity (Wildman–Crippen MR) is 99.1 cm³/mol. The molecule has 24 heavy (non-hydrogen) atoms. The number of hydrogen-bond acceptors (Lipinski definition) is 2. The normalized spacial score (nSPS) is 14.6. The molecule has 0 aromatic heterocycles. The number of benzene rings is 4. The van der Waals surface area contributed by atoms with Crippen LogP contribution in [-0.2, 0) is 15.5 Å². The fraction of sp³-hybridized carbons (Fsp3) is 0.200. The third kappa shape index (κ3) is 2.79. The Balaban J connectivity index is 1.75. The van der Waals surface area contributed by atoms with E-state index in [1.54, 1.807) is 0 Å². The molecule has 1 atom stereocenters. The Kier molecular flexibility index (Phi) is 3.79. The van der Waals surface area contributed by atoms with Gasteiger partial charge in [0.15, 0.2) is 0 Å². The van der Waals surface area contributed by atoms with E-state index in [1.807, 2.05) is 0 Å². The van der Waals surface area contributed by atoms with E-state index in [9.17, 15) is 8.76 Å². The summed E-state index contributed by atoms with van der Waals surface area (Å²) in [6.45, 7) is 1.18. The van der Waals surface area contributed by atoms with Gasteiger partial charge in [-0.1, -0.05) is 54.6 Å². The van der Waals surface area contributed by atoms with E-state index >= 15 is 0 Å². The lowest BCUT2D eigenvalue weighted by Crippen LogP contribution is -1.95. The fourth-order valence-electron chi connectivity index (χ4n) is 3.50. The van der Waals surface area contributed by atoms with Crippen LogP contribution < -0.4 is 0 Å². The van der Waals surface area contributed by atoms with E-state index in [4.69, 9.17) is 4.52 Å². The summed E-state index contributed by atoms with van der Waals surface area (Å²) < 4.78 is 28.7. The standard InChI is InChI=1S/C20H18FO2P/c1-24(21,22)23-13-3-6-14-7-8-17-10-9-15-4-2-5-16-11-12-18(14)20(17)19(15)16/h2,4-5,7-12H,3,6,13H2,1H3. The summed E-state index contributed by atoms with van der Waals surface area (Å²) >= 11 is 0. The third-order valence-corrected chi connectivity index (χ3v) is 5.18. The van der Waals surface area contributed by atoms with Crippen molar-refractivity contribution in [1.82, 2.24) is 0 Å². The van der Waals surface area contributed by atoms with Crippen LogP contribution in [0.4, 0.5) is 4.20 Å². The Morgan fingerprint density at radius 3 is 2.25 bits per heavy atom. The summed E-state index contributed by atoms with van der Waals surface area (Å²) in [5.41, 5.74) is 1.22. The molecule has 4 aromatic rings. The average Bonchev–Trinajstić information content (AvgIpc) is 2.56. The first-order valence-electron chi connectivity index (χ1n) is 8.10. The minimum absolute atomic E-state index is 0.173. The van der Waals surface area contributed by atoms with Crippen molar-refractivity contribution in [1.29, 1.82) is 0 Å². The van der Waals surface area contributed by atoms with Crippen LogP contribution in [0.2, 0.25) is 0 Å². The molecule has 122 valence electrons. The average molecular weight is 340 g/mol. The Morgan fingerprint density at radius 1 is 0.917 bits per heavy atom. The second kappa shape index (κ2) is 5.84. The second-order valence-corrected chi connectivity index (χ2v) is 8.02. The highest BCUT2D eigenvalue weighted by Gasteiger charge is 2.13. The SMILES string of the molecule is CP(=O)(F)OCCCc1ccc2ccc3cccc4ccc1c2c34. The number of aryl methyl sites for hydroxylation is 1. The van der Waals surface area contributed by atoms with E-state index in [1.165, 1.54) is 37.9 Å². The Labute approximate surface area is 140 Å². The quantitative estimate of drug-likeness (QED) is 0.241. The summed E-state index contributed by atoms with van der Waals surface area (Å²) in [5.74, 6) is 0. The van der Waals surface area contributed by atoms with Crippen molar-refractivity contribution >= 4 is 40.0 Å². The smallest absolute Gasteiger partial charge is 0.306 e. The highest BCUT2D eigenvalue weighted by atomic mass is 31.2. The molecule has 0 amide bonds.